The Balaban J connectivity index is 1.69. The number of aromatic nitrogens is 1. The average molecular weight is 379 g/mol. The number of likely N-dealkylation sites (N-methyl/N-ethyl adjacent to an activating group) is 1. The van der Waals surface area contributed by atoms with E-state index in [-0.39, 0.29) is 29.4 Å². The molecule has 1 aliphatic heterocycles. The Morgan fingerprint density at radius 1 is 1.35 bits per heavy atom. The van der Waals surface area contributed by atoms with Crippen molar-refractivity contribution in [3.05, 3.63) is 24.1 Å². The van der Waals surface area contributed by atoms with Gasteiger partial charge in [-0.05, 0) is 31.5 Å². The number of carbonyl (C=O) groups excluding carboxylic acids is 1. The molecule has 8 heteroatoms. The van der Waals surface area contributed by atoms with Gasteiger partial charge in [-0.2, -0.15) is 0 Å². The number of carbonyl (C=O) groups is 1. The molecule has 7 nitrogen and oxygen atoms in total. The number of rotatable bonds is 5. The highest BCUT2D eigenvalue weighted by molar-refractivity contribution is 7.91. The lowest BCUT2D eigenvalue weighted by atomic mass is 10.2. The second kappa shape index (κ2) is 6.90. The van der Waals surface area contributed by atoms with Gasteiger partial charge in [0.05, 0.1) is 11.5 Å². The fourth-order valence-corrected chi connectivity index (χ4v) is 4.93. The molecule has 1 aliphatic rings. The van der Waals surface area contributed by atoms with E-state index in [0.29, 0.717) is 17.9 Å². The summed E-state index contributed by atoms with van der Waals surface area (Å²) in [7, 11) is -1.35. The van der Waals surface area contributed by atoms with Crippen molar-refractivity contribution in [2.75, 3.05) is 23.9 Å². The van der Waals surface area contributed by atoms with Crippen LogP contribution in [0, 0.1) is 0 Å². The van der Waals surface area contributed by atoms with E-state index in [2.05, 4.69) is 10.3 Å². The predicted molar refractivity (Wildman–Crippen MR) is 101 cm³/mol. The van der Waals surface area contributed by atoms with E-state index in [1.54, 1.807) is 18.9 Å². The van der Waals surface area contributed by atoms with Crippen LogP contribution in [-0.4, -0.2) is 54.8 Å². The number of hydrogen-bond donors (Lipinski definition) is 1. The van der Waals surface area contributed by atoms with Crippen LogP contribution in [0.2, 0.25) is 0 Å². The van der Waals surface area contributed by atoms with Crippen LogP contribution in [-0.2, 0) is 14.6 Å². The highest BCUT2D eigenvalue weighted by Gasteiger charge is 2.34. The minimum Gasteiger partial charge on any atom is -0.440 e. The molecule has 0 aliphatic carbocycles. The summed E-state index contributed by atoms with van der Waals surface area (Å²) in [5.41, 5.74) is 2.23. The maximum Gasteiger partial charge on any atom is 0.244 e. The molecular formula is C18H25N3O4S. The van der Waals surface area contributed by atoms with E-state index >= 15 is 0 Å². The summed E-state index contributed by atoms with van der Waals surface area (Å²) >= 11 is 0. The number of oxazole rings is 1. The third-order valence-electron chi connectivity index (χ3n) is 4.76. The molecule has 2 aromatic rings. The van der Waals surface area contributed by atoms with Crippen molar-refractivity contribution >= 4 is 32.5 Å². The van der Waals surface area contributed by atoms with E-state index in [0.717, 1.165) is 11.2 Å². The molecule has 0 saturated carbocycles. The largest absolute Gasteiger partial charge is 0.440 e. The molecule has 2 heterocycles. The minimum absolute atomic E-state index is 0.0465. The van der Waals surface area contributed by atoms with Crippen molar-refractivity contribution in [3.63, 3.8) is 0 Å². The first-order valence-corrected chi connectivity index (χ1v) is 10.6. The maximum atomic E-state index is 12.6. The van der Waals surface area contributed by atoms with E-state index in [1.807, 2.05) is 32.0 Å². The molecule has 1 aromatic heterocycles. The molecular weight excluding hydrogens is 354 g/mol. The van der Waals surface area contributed by atoms with Crippen molar-refractivity contribution < 1.29 is 17.6 Å². The SMILES string of the molecule is CC(C)c1nc2cc(N[C@H](C)C(=O)N(C)[C@H]3CCS(=O)(=O)C3)ccc2o1. The highest BCUT2D eigenvalue weighted by Crippen LogP contribution is 2.24. The predicted octanol–water partition coefficient (Wildman–Crippen LogP) is 2.40. The molecule has 2 atom stereocenters. The fraction of sp³-hybridized carbons (Fsp3) is 0.556. The first-order valence-electron chi connectivity index (χ1n) is 8.80. The molecule has 26 heavy (non-hydrogen) atoms. The molecule has 142 valence electrons. The molecule has 1 amide bonds. The minimum atomic E-state index is -3.02. The highest BCUT2D eigenvalue weighted by atomic mass is 32.2. The normalized spacial score (nSPS) is 20.4. The monoisotopic (exact) mass is 379 g/mol. The topological polar surface area (TPSA) is 92.5 Å². The van der Waals surface area contributed by atoms with Gasteiger partial charge in [0.25, 0.3) is 0 Å². The molecule has 0 radical (unpaired) electrons. The summed E-state index contributed by atoms with van der Waals surface area (Å²) in [5, 5.41) is 3.18. The second-order valence-corrected chi connectivity index (χ2v) is 9.49. The van der Waals surface area contributed by atoms with Crippen LogP contribution in [0.1, 0.15) is 39.0 Å². The van der Waals surface area contributed by atoms with Crippen LogP contribution in [0.3, 0.4) is 0 Å². The van der Waals surface area contributed by atoms with Gasteiger partial charge in [-0.1, -0.05) is 13.8 Å². The molecule has 1 fully saturated rings. The third kappa shape index (κ3) is 3.85. The Bertz CT molecular complexity index is 920. The number of nitrogens with one attached hydrogen (secondary N) is 1. The number of nitrogens with zero attached hydrogens (tertiary/aromatic N) is 2. The van der Waals surface area contributed by atoms with Crippen LogP contribution < -0.4 is 5.32 Å². The van der Waals surface area contributed by atoms with E-state index in [1.165, 1.54) is 0 Å². The van der Waals surface area contributed by atoms with Crippen LogP contribution >= 0.6 is 0 Å². The van der Waals surface area contributed by atoms with Gasteiger partial charge in [0.2, 0.25) is 5.91 Å². The Morgan fingerprint density at radius 2 is 2.08 bits per heavy atom. The molecule has 3 rings (SSSR count). The van der Waals surface area contributed by atoms with Crippen LogP contribution in [0.4, 0.5) is 5.69 Å². The van der Waals surface area contributed by atoms with E-state index in [4.69, 9.17) is 4.42 Å². The van der Waals surface area contributed by atoms with Gasteiger partial charge in [-0.3, -0.25) is 4.79 Å². The summed E-state index contributed by atoms with van der Waals surface area (Å²) in [4.78, 5) is 18.7. The average Bonchev–Trinajstić information content (AvgIpc) is 3.16. The van der Waals surface area contributed by atoms with Gasteiger partial charge in [-0.15, -0.1) is 0 Å². The van der Waals surface area contributed by atoms with Crippen molar-refractivity contribution in [2.24, 2.45) is 0 Å². The number of hydrogen-bond acceptors (Lipinski definition) is 6. The molecule has 1 N–H and O–H groups in total. The Kier molecular flexibility index (Phi) is 4.96. The second-order valence-electron chi connectivity index (χ2n) is 7.26. The van der Waals surface area contributed by atoms with Crippen LogP contribution in [0.25, 0.3) is 11.1 Å². The lowest BCUT2D eigenvalue weighted by Crippen LogP contribution is -2.45. The lowest BCUT2D eigenvalue weighted by molar-refractivity contribution is -0.132. The number of sulfone groups is 1. The molecule has 1 saturated heterocycles. The summed E-state index contributed by atoms with van der Waals surface area (Å²) in [6, 6.07) is 4.82. The molecule has 0 unspecified atom stereocenters. The van der Waals surface area contributed by atoms with Crippen molar-refractivity contribution in [2.45, 2.75) is 45.2 Å². The van der Waals surface area contributed by atoms with E-state index < -0.39 is 15.9 Å². The molecule has 1 aromatic carbocycles. The smallest absolute Gasteiger partial charge is 0.244 e. The fourth-order valence-electron chi connectivity index (χ4n) is 3.16. The van der Waals surface area contributed by atoms with Crippen molar-refractivity contribution in [3.8, 4) is 0 Å². The van der Waals surface area contributed by atoms with Gasteiger partial charge in [-0.25, -0.2) is 13.4 Å². The number of benzene rings is 1. The number of anilines is 1. The Labute approximate surface area is 153 Å². The van der Waals surface area contributed by atoms with E-state index in [9.17, 15) is 13.2 Å². The first kappa shape index (κ1) is 18.7. The van der Waals surface area contributed by atoms with Gasteiger partial charge in [0.1, 0.15) is 11.6 Å². The summed E-state index contributed by atoms with van der Waals surface area (Å²) in [6.07, 6.45) is 0.500. The molecule has 0 bridgehead atoms. The van der Waals surface area contributed by atoms with Gasteiger partial charge < -0.3 is 14.6 Å². The van der Waals surface area contributed by atoms with Gasteiger partial charge in [0, 0.05) is 24.7 Å². The number of amides is 1. The first-order chi connectivity index (χ1) is 12.2. The lowest BCUT2D eigenvalue weighted by Gasteiger charge is -2.27. The van der Waals surface area contributed by atoms with Gasteiger partial charge >= 0.3 is 0 Å². The quantitative estimate of drug-likeness (QED) is 0.857. The zero-order valence-electron chi connectivity index (χ0n) is 15.5. The number of fused-ring (bicyclic) bond motifs is 1. The van der Waals surface area contributed by atoms with Gasteiger partial charge in [0.15, 0.2) is 21.3 Å². The zero-order chi connectivity index (χ0) is 19.1. The van der Waals surface area contributed by atoms with Crippen LogP contribution in [0.5, 0.6) is 0 Å². The summed E-state index contributed by atoms with van der Waals surface area (Å²) < 4.78 is 29.0. The third-order valence-corrected chi connectivity index (χ3v) is 6.51. The molecule has 0 spiro atoms. The van der Waals surface area contributed by atoms with Crippen LogP contribution in [0.15, 0.2) is 22.6 Å². The Morgan fingerprint density at radius 3 is 2.69 bits per heavy atom. The standard InChI is InChI=1S/C18H25N3O4S/c1-11(2)17-20-15-9-13(5-6-16(15)25-17)19-12(3)18(22)21(4)14-7-8-26(23,24)10-14/h5-6,9,11-12,14,19H,7-8,10H2,1-4H3/t12-,14+/m1/s1. The zero-order valence-corrected chi connectivity index (χ0v) is 16.3. The maximum absolute atomic E-state index is 12.6. The van der Waals surface area contributed by atoms with Crippen molar-refractivity contribution in [1.29, 1.82) is 0 Å². The summed E-state index contributed by atoms with van der Waals surface area (Å²) in [6.45, 7) is 5.81. The summed E-state index contributed by atoms with van der Waals surface area (Å²) in [5.74, 6) is 0.956. The Hall–Kier alpha value is -2.09. The van der Waals surface area contributed by atoms with Crippen molar-refractivity contribution in [1.82, 2.24) is 9.88 Å².